The highest BCUT2D eigenvalue weighted by atomic mass is 35.5. The lowest BCUT2D eigenvalue weighted by molar-refractivity contribution is -0.141. The zero-order valence-electron chi connectivity index (χ0n) is 18.0. The average Bonchev–Trinajstić information content (AvgIpc) is 2.73. The van der Waals surface area contributed by atoms with E-state index in [2.05, 4.69) is 5.32 Å². The number of aryl methyl sites for hydroxylation is 1. The first kappa shape index (κ1) is 24.3. The van der Waals surface area contributed by atoms with Gasteiger partial charge in [0.05, 0.1) is 0 Å². The molecule has 0 aliphatic rings. The van der Waals surface area contributed by atoms with Gasteiger partial charge in [0, 0.05) is 29.4 Å². The zero-order chi connectivity index (χ0) is 21.9. The molecule has 4 nitrogen and oxygen atoms in total. The van der Waals surface area contributed by atoms with Gasteiger partial charge >= 0.3 is 0 Å². The zero-order valence-corrected chi connectivity index (χ0v) is 19.6. The third-order valence-corrected chi connectivity index (χ3v) is 6.31. The lowest BCUT2D eigenvalue weighted by atomic mass is 10.1. The van der Waals surface area contributed by atoms with Crippen molar-refractivity contribution in [2.24, 2.45) is 0 Å². The molecule has 1 N–H and O–H groups in total. The summed E-state index contributed by atoms with van der Waals surface area (Å²) in [6, 6.07) is 15.3. The van der Waals surface area contributed by atoms with Gasteiger partial charge < -0.3 is 10.2 Å². The predicted octanol–water partition coefficient (Wildman–Crippen LogP) is 5.46. The van der Waals surface area contributed by atoms with E-state index in [1.165, 1.54) is 0 Å². The average molecular weight is 447 g/mol. The fourth-order valence-electron chi connectivity index (χ4n) is 3.27. The highest BCUT2D eigenvalue weighted by Crippen LogP contribution is 2.22. The van der Waals surface area contributed by atoms with E-state index in [-0.39, 0.29) is 11.8 Å². The molecular weight excluding hydrogens is 416 g/mol. The van der Waals surface area contributed by atoms with Crippen molar-refractivity contribution < 1.29 is 9.59 Å². The highest BCUT2D eigenvalue weighted by Gasteiger charge is 2.28. The number of nitrogens with zero attached hydrogens (tertiary/aromatic N) is 1. The third kappa shape index (κ3) is 7.37. The van der Waals surface area contributed by atoms with Gasteiger partial charge in [-0.25, -0.2) is 0 Å². The molecule has 0 bridgehead atoms. The summed E-state index contributed by atoms with van der Waals surface area (Å²) in [7, 11) is 0. The molecule has 0 saturated carbocycles. The number of likely N-dealkylation sites (N-methyl/N-ethyl adjacent to an activating group) is 1. The van der Waals surface area contributed by atoms with Crippen LogP contribution in [-0.2, 0) is 16.1 Å². The summed E-state index contributed by atoms with van der Waals surface area (Å²) in [5.41, 5.74) is 2.20. The highest BCUT2D eigenvalue weighted by molar-refractivity contribution is 7.99. The van der Waals surface area contributed by atoms with Crippen molar-refractivity contribution in [1.82, 2.24) is 10.2 Å². The molecule has 30 heavy (non-hydrogen) atoms. The number of hydrogen-bond acceptors (Lipinski definition) is 3. The molecule has 0 radical (unpaired) electrons. The summed E-state index contributed by atoms with van der Waals surface area (Å²) in [6.45, 7) is 6.89. The molecule has 2 aromatic carbocycles. The quantitative estimate of drug-likeness (QED) is 0.368. The normalized spacial score (nSPS) is 11.7. The Balaban J connectivity index is 2.04. The number of halogens is 1. The summed E-state index contributed by atoms with van der Waals surface area (Å²) in [4.78, 5) is 28.6. The molecule has 162 valence electrons. The summed E-state index contributed by atoms with van der Waals surface area (Å²) < 4.78 is 0. The second-order valence-corrected chi connectivity index (χ2v) is 8.78. The van der Waals surface area contributed by atoms with Crippen LogP contribution in [0.2, 0.25) is 5.02 Å². The van der Waals surface area contributed by atoms with Crippen LogP contribution < -0.4 is 5.32 Å². The number of carbonyl (C=O) groups excluding carboxylic acids is 2. The van der Waals surface area contributed by atoms with Crippen LogP contribution in [0.25, 0.3) is 0 Å². The molecule has 0 saturated heterocycles. The van der Waals surface area contributed by atoms with Crippen LogP contribution >= 0.6 is 23.4 Å². The SMILES string of the molecule is CCNC(=O)C(CC)N(Cc1ccccc1C)C(=O)CCCSc1ccc(Cl)cc1. The van der Waals surface area contributed by atoms with Crippen molar-refractivity contribution in [3.8, 4) is 0 Å². The Kier molecular flexibility index (Phi) is 10.2. The first-order chi connectivity index (χ1) is 14.5. The van der Waals surface area contributed by atoms with E-state index in [4.69, 9.17) is 11.6 Å². The molecule has 0 spiro atoms. The van der Waals surface area contributed by atoms with Crippen LogP contribution in [0.1, 0.15) is 44.2 Å². The number of amides is 2. The van der Waals surface area contributed by atoms with E-state index in [0.717, 1.165) is 33.2 Å². The summed E-state index contributed by atoms with van der Waals surface area (Å²) in [6.07, 6.45) is 1.76. The minimum Gasteiger partial charge on any atom is -0.355 e. The van der Waals surface area contributed by atoms with E-state index in [1.54, 1.807) is 16.7 Å². The van der Waals surface area contributed by atoms with Crippen molar-refractivity contribution >= 4 is 35.2 Å². The van der Waals surface area contributed by atoms with E-state index in [1.807, 2.05) is 69.3 Å². The van der Waals surface area contributed by atoms with Crippen molar-refractivity contribution in [2.45, 2.75) is 57.5 Å². The van der Waals surface area contributed by atoms with Gasteiger partial charge in [0.1, 0.15) is 6.04 Å². The van der Waals surface area contributed by atoms with Crippen molar-refractivity contribution in [1.29, 1.82) is 0 Å². The third-order valence-electron chi connectivity index (χ3n) is 4.96. The van der Waals surface area contributed by atoms with Crippen molar-refractivity contribution in [3.05, 3.63) is 64.7 Å². The molecule has 2 amide bonds. The summed E-state index contributed by atoms with van der Waals surface area (Å²) >= 11 is 7.64. The molecule has 1 unspecified atom stereocenters. The Bertz CT molecular complexity index is 826. The topological polar surface area (TPSA) is 49.4 Å². The second-order valence-electron chi connectivity index (χ2n) is 7.17. The van der Waals surface area contributed by atoms with Crippen molar-refractivity contribution in [3.63, 3.8) is 0 Å². The molecule has 0 heterocycles. The fraction of sp³-hybridized carbons (Fsp3) is 0.417. The first-order valence-electron chi connectivity index (χ1n) is 10.5. The number of hydrogen-bond donors (Lipinski definition) is 1. The van der Waals surface area contributed by atoms with Gasteiger partial charge in [-0.2, -0.15) is 0 Å². The molecular formula is C24H31ClN2O2S. The molecule has 2 aromatic rings. The number of benzene rings is 2. The summed E-state index contributed by atoms with van der Waals surface area (Å²) in [5.74, 6) is 0.773. The van der Waals surface area contributed by atoms with Crippen LogP contribution in [0.5, 0.6) is 0 Å². The molecule has 0 aliphatic heterocycles. The first-order valence-corrected chi connectivity index (χ1v) is 11.8. The lowest BCUT2D eigenvalue weighted by Gasteiger charge is -2.31. The summed E-state index contributed by atoms with van der Waals surface area (Å²) in [5, 5.41) is 3.60. The van der Waals surface area contributed by atoms with Crippen LogP contribution in [-0.4, -0.2) is 35.1 Å². The predicted molar refractivity (Wildman–Crippen MR) is 126 cm³/mol. The van der Waals surface area contributed by atoms with E-state index in [9.17, 15) is 9.59 Å². The number of thioether (sulfide) groups is 1. The van der Waals surface area contributed by atoms with Gasteiger partial charge in [0.25, 0.3) is 0 Å². The van der Waals surface area contributed by atoms with Crippen LogP contribution in [0, 0.1) is 6.92 Å². The van der Waals surface area contributed by atoms with Crippen molar-refractivity contribution in [2.75, 3.05) is 12.3 Å². The van der Waals surface area contributed by atoms with Crippen LogP contribution in [0.15, 0.2) is 53.4 Å². The monoisotopic (exact) mass is 446 g/mol. The number of nitrogens with one attached hydrogen (secondary N) is 1. The Morgan fingerprint density at radius 1 is 1.10 bits per heavy atom. The minimum atomic E-state index is -0.457. The van der Waals surface area contributed by atoms with Gasteiger partial charge in [-0.15, -0.1) is 11.8 Å². The van der Waals surface area contributed by atoms with Gasteiger partial charge in [-0.1, -0.05) is 42.8 Å². The standard InChI is InChI=1S/C24H31ClN2O2S/c1-4-22(24(29)26-5-2)27(17-19-10-7-6-9-18(19)3)23(28)11-8-16-30-21-14-12-20(25)13-15-21/h6-7,9-10,12-15,22H,4-5,8,11,16-17H2,1-3H3,(H,26,29). The molecule has 2 rings (SSSR count). The molecule has 0 aromatic heterocycles. The lowest BCUT2D eigenvalue weighted by Crippen LogP contribution is -2.49. The van der Waals surface area contributed by atoms with Gasteiger partial charge in [-0.05, 0) is 67.8 Å². The van der Waals surface area contributed by atoms with E-state index >= 15 is 0 Å². The van der Waals surface area contributed by atoms with Gasteiger partial charge in [0.15, 0.2) is 0 Å². The second kappa shape index (κ2) is 12.7. The van der Waals surface area contributed by atoms with E-state index in [0.29, 0.717) is 25.9 Å². The van der Waals surface area contributed by atoms with Gasteiger partial charge in [-0.3, -0.25) is 9.59 Å². The Morgan fingerprint density at radius 2 is 1.80 bits per heavy atom. The Hall–Kier alpha value is -1.98. The molecule has 6 heteroatoms. The number of rotatable bonds is 11. The van der Waals surface area contributed by atoms with Gasteiger partial charge in [0.2, 0.25) is 11.8 Å². The molecule has 0 fully saturated rings. The Morgan fingerprint density at radius 3 is 2.43 bits per heavy atom. The van der Waals surface area contributed by atoms with E-state index < -0.39 is 6.04 Å². The maximum Gasteiger partial charge on any atom is 0.242 e. The maximum atomic E-state index is 13.1. The van der Waals surface area contributed by atoms with Crippen LogP contribution in [0.3, 0.4) is 0 Å². The Labute approximate surface area is 189 Å². The molecule has 1 atom stereocenters. The number of carbonyl (C=O) groups is 2. The smallest absolute Gasteiger partial charge is 0.242 e. The largest absolute Gasteiger partial charge is 0.355 e. The van der Waals surface area contributed by atoms with Crippen LogP contribution in [0.4, 0.5) is 0 Å². The maximum absolute atomic E-state index is 13.1. The molecule has 0 aliphatic carbocycles. The fourth-order valence-corrected chi connectivity index (χ4v) is 4.25. The minimum absolute atomic E-state index is 0.0214.